The van der Waals surface area contributed by atoms with Gasteiger partial charge in [0, 0.05) is 25.2 Å². The average Bonchev–Trinajstić information content (AvgIpc) is 2.85. The topological polar surface area (TPSA) is 73.6 Å². The van der Waals surface area contributed by atoms with E-state index < -0.39 is 10.0 Å². The molecule has 34 heavy (non-hydrogen) atoms. The molecule has 2 aliphatic rings. The van der Waals surface area contributed by atoms with Crippen LogP contribution in [0.1, 0.15) is 50.7 Å². The molecule has 0 amide bonds. The summed E-state index contributed by atoms with van der Waals surface area (Å²) in [7, 11) is -3.64. The van der Waals surface area contributed by atoms with Crippen LogP contribution in [0.5, 0.6) is 5.75 Å². The number of benzene rings is 2. The van der Waals surface area contributed by atoms with E-state index in [9.17, 15) is 13.7 Å². The third kappa shape index (κ3) is 5.46. The van der Waals surface area contributed by atoms with Crippen molar-refractivity contribution in [3.8, 4) is 11.8 Å². The molecule has 0 bridgehead atoms. The summed E-state index contributed by atoms with van der Waals surface area (Å²) in [5, 5.41) is 9.34. The fourth-order valence-electron chi connectivity index (χ4n) is 5.08. The zero-order valence-corrected chi connectivity index (χ0v) is 21.1. The summed E-state index contributed by atoms with van der Waals surface area (Å²) in [5.74, 6) is 1.47. The van der Waals surface area contributed by atoms with Crippen molar-refractivity contribution in [2.24, 2.45) is 11.3 Å². The van der Waals surface area contributed by atoms with Crippen LogP contribution in [0.3, 0.4) is 0 Å². The van der Waals surface area contributed by atoms with Crippen LogP contribution in [0.4, 0.5) is 0 Å². The number of rotatable bonds is 7. The van der Waals surface area contributed by atoms with Crippen molar-refractivity contribution in [3.63, 3.8) is 0 Å². The molecule has 0 aromatic heterocycles. The average molecular weight is 482 g/mol. The number of para-hydroxylation sites is 1. The van der Waals surface area contributed by atoms with E-state index in [4.69, 9.17) is 4.74 Å². The molecule has 182 valence electrons. The lowest BCUT2D eigenvalue weighted by atomic mass is 9.71. The van der Waals surface area contributed by atoms with Crippen molar-refractivity contribution in [2.45, 2.75) is 51.0 Å². The molecule has 4 rings (SSSR count). The van der Waals surface area contributed by atoms with E-state index in [-0.39, 0.29) is 15.9 Å². The third-order valence-electron chi connectivity index (χ3n) is 7.26. The monoisotopic (exact) mass is 481 g/mol. The lowest BCUT2D eigenvalue weighted by Crippen LogP contribution is -2.48. The van der Waals surface area contributed by atoms with Crippen molar-refractivity contribution >= 4 is 10.0 Å². The van der Waals surface area contributed by atoms with Crippen LogP contribution in [0.25, 0.3) is 0 Å². The third-order valence-corrected chi connectivity index (χ3v) is 9.22. The van der Waals surface area contributed by atoms with E-state index in [1.54, 1.807) is 28.6 Å². The van der Waals surface area contributed by atoms with Gasteiger partial charge in [-0.3, -0.25) is 4.90 Å². The molecule has 1 spiro atoms. The molecule has 2 heterocycles. The summed E-state index contributed by atoms with van der Waals surface area (Å²) >= 11 is 0. The minimum absolute atomic E-state index is 0.127. The van der Waals surface area contributed by atoms with Crippen molar-refractivity contribution < 1.29 is 13.2 Å². The molecule has 0 N–H and O–H groups in total. The fraction of sp³-hybridized carbons (Fsp3) is 0.519. The first-order chi connectivity index (χ1) is 16.3. The first kappa shape index (κ1) is 24.7. The van der Waals surface area contributed by atoms with Gasteiger partial charge in [-0.05, 0) is 68.3 Å². The predicted octanol–water partition coefficient (Wildman–Crippen LogP) is 4.66. The van der Waals surface area contributed by atoms with Crippen molar-refractivity contribution in [3.05, 3.63) is 59.7 Å². The number of piperidine rings is 2. The van der Waals surface area contributed by atoms with Gasteiger partial charge in [0.2, 0.25) is 10.0 Å². The highest BCUT2D eigenvalue weighted by Gasteiger charge is 2.41. The number of ether oxygens (including phenoxy) is 1. The molecule has 2 aromatic rings. The number of hydrogen-bond donors (Lipinski definition) is 0. The van der Waals surface area contributed by atoms with Crippen LogP contribution in [0.15, 0.2) is 53.4 Å². The van der Waals surface area contributed by atoms with Gasteiger partial charge >= 0.3 is 0 Å². The Bertz CT molecular complexity index is 1120. The molecule has 0 unspecified atom stereocenters. The molecule has 0 aliphatic carbocycles. The highest BCUT2D eigenvalue weighted by molar-refractivity contribution is 7.89. The van der Waals surface area contributed by atoms with Crippen molar-refractivity contribution in [1.29, 1.82) is 5.26 Å². The predicted molar refractivity (Wildman–Crippen MR) is 133 cm³/mol. The number of nitrogens with zero attached hydrogens (tertiary/aromatic N) is 3. The van der Waals surface area contributed by atoms with Gasteiger partial charge in [-0.2, -0.15) is 9.57 Å². The van der Waals surface area contributed by atoms with Crippen molar-refractivity contribution in [1.82, 2.24) is 9.21 Å². The maximum atomic E-state index is 13.2. The highest BCUT2D eigenvalue weighted by Crippen LogP contribution is 2.42. The minimum atomic E-state index is -3.64. The maximum Gasteiger partial charge on any atom is 0.244 e. The van der Waals surface area contributed by atoms with Gasteiger partial charge in [0.05, 0.1) is 17.1 Å². The quantitative estimate of drug-likeness (QED) is 0.575. The highest BCUT2D eigenvalue weighted by atomic mass is 32.2. The van der Waals surface area contributed by atoms with E-state index >= 15 is 0 Å². The molecule has 0 saturated carbocycles. The summed E-state index contributed by atoms with van der Waals surface area (Å²) in [6.45, 7) is 9.00. The molecule has 2 aliphatic heterocycles. The van der Waals surface area contributed by atoms with Crippen LogP contribution in [0, 0.1) is 22.7 Å². The Balaban J connectivity index is 1.34. The Morgan fingerprint density at radius 2 is 1.59 bits per heavy atom. The number of likely N-dealkylation sites (tertiary alicyclic amines) is 1. The first-order valence-corrected chi connectivity index (χ1v) is 13.7. The molecule has 2 aromatic carbocycles. The van der Waals surface area contributed by atoms with Gasteiger partial charge in [0.25, 0.3) is 0 Å². The second-order valence-corrected chi connectivity index (χ2v) is 12.0. The van der Waals surface area contributed by atoms with E-state index in [1.807, 2.05) is 12.1 Å². The lowest BCUT2D eigenvalue weighted by molar-refractivity contribution is 0.0525. The van der Waals surface area contributed by atoms with Crippen LogP contribution in [-0.2, 0) is 16.6 Å². The largest absolute Gasteiger partial charge is 0.493 e. The van der Waals surface area contributed by atoms with Crippen LogP contribution in [0.2, 0.25) is 0 Å². The van der Waals surface area contributed by atoms with Gasteiger partial charge < -0.3 is 4.74 Å². The molecule has 0 atom stereocenters. The Kier molecular flexibility index (Phi) is 7.61. The summed E-state index contributed by atoms with van der Waals surface area (Å²) in [4.78, 5) is 2.62. The van der Waals surface area contributed by atoms with Crippen LogP contribution >= 0.6 is 0 Å². The molecule has 7 heteroatoms. The Hall–Kier alpha value is -2.40. The second kappa shape index (κ2) is 10.5. The summed E-state index contributed by atoms with van der Waals surface area (Å²) in [6.07, 6.45) is 3.93. The van der Waals surface area contributed by atoms with Gasteiger partial charge in [-0.1, -0.05) is 44.2 Å². The second-order valence-electron chi connectivity index (χ2n) is 10.1. The smallest absolute Gasteiger partial charge is 0.244 e. The lowest BCUT2D eigenvalue weighted by Gasteiger charge is -2.46. The number of hydrogen-bond acceptors (Lipinski definition) is 5. The summed E-state index contributed by atoms with van der Waals surface area (Å²) in [6, 6.07) is 16.8. The molecule has 6 nitrogen and oxygen atoms in total. The fourth-order valence-corrected chi connectivity index (χ4v) is 6.67. The summed E-state index contributed by atoms with van der Waals surface area (Å²) in [5.41, 5.74) is 1.66. The van der Waals surface area contributed by atoms with Gasteiger partial charge in [-0.25, -0.2) is 8.42 Å². The first-order valence-electron chi connectivity index (χ1n) is 12.3. The molecule has 0 radical (unpaired) electrons. The van der Waals surface area contributed by atoms with Crippen LogP contribution in [-0.4, -0.2) is 50.4 Å². The zero-order chi connectivity index (χ0) is 24.2. The maximum absolute atomic E-state index is 13.2. The van der Waals surface area contributed by atoms with Gasteiger partial charge in [0.15, 0.2) is 0 Å². The van der Waals surface area contributed by atoms with E-state index in [1.165, 1.54) is 5.56 Å². The number of sulfonamides is 1. The van der Waals surface area contributed by atoms with Gasteiger partial charge in [-0.15, -0.1) is 0 Å². The molecular formula is C27H35N3O3S. The SMILES string of the molecule is CC(C)COc1ccccc1CN1CCC2(CC1)CCN(S(=O)(=O)c1ccccc1C#N)CC2. The van der Waals surface area contributed by atoms with E-state index in [0.29, 0.717) is 19.0 Å². The molecule has 2 saturated heterocycles. The standard InChI is InChI=1S/C27H35N3O3S/c1-22(2)21-33-25-9-5-3-8-24(25)20-29-15-11-27(12-16-29)13-17-30(18-14-27)34(31,32)26-10-6-4-7-23(26)19-28/h3-10,22H,11-18,20-21H2,1-2H3. The van der Waals surface area contributed by atoms with Gasteiger partial charge in [0.1, 0.15) is 11.8 Å². The Labute approximate surface area is 204 Å². The molecular weight excluding hydrogens is 446 g/mol. The van der Waals surface area contributed by atoms with E-state index in [2.05, 4.69) is 36.9 Å². The Morgan fingerprint density at radius 1 is 0.971 bits per heavy atom. The minimum Gasteiger partial charge on any atom is -0.493 e. The number of nitriles is 1. The normalized spacial score (nSPS) is 19.2. The molecule has 2 fully saturated rings. The van der Waals surface area contributed by atoms with Crippen LogP contribution < -0.4 is 4.74 Å². The van der Waals surface area contributed by atoms with E-state index in [0.717, 1.165) is 57.7 Å². The summed E-state index contributed by atoms with van der Waals surface area (Å²) < 4.78 is 34.0. The zero-order valence-electron chi connectivity index (χ0n) is 20.2. The van der Waals surface area contributed by atoms with Crippen molar-refractivity contribution in [2.75, 3.05) is 32.8 Å². The Morgan fingerprint density at radius 3 is 2.26 bits per heavy atom.